The molecule has 3 heteroatoms. The lowest BCUT2D eigenvalue weighted by atomic mass is 9.84. The molecule has 0 saturated heterocycles. The Labute approximate surface area is 89.7 Å². The quantitative estimate of drug-likeness (QED) is 0.804. The Morgan fingerprint density at radius 1 is 1.40 bits per heavy atom. The monoisotopic (exact) mass is 208 g/mol. The van der Waals surface area contributed by atoms with Gasteiger partial charge in [-0.1, -0.05) is 30.3 Å². The van der Waals surface area contributed by atoms with E-state index in [4.69, 9.17) is 9.84 Å². The molecule has 0 radical (unpaired) electrons. The number of ether oxygens (including phenoxy) is 1. The molecule has 1 N–H and O–H groups in total. The van der Waals surface area contributed by atoms with E-state index in [-0.39, 0.29) is 6.61 Å². The summed E-state index contributed by atoms with van der Waals surface area (Å²) in [5, 5.41) is 9.14. The molecule has 1 aromatic carbocycles. The van der Waals surface area contributed by atoms with E-state index in [9.17, 15) is 4.79 Å². The Bertz CT molecular complexity index is 321. The molecule has 3 nitrogen and oxygen atoms in total. The van der Waals surface area contributed by atoms with Crippen LogP contribution in [0.3, 0.4) is 0 Å². The molecule has 0 heterocycles. The number of aliphatic carboxylic acids is 1. The number of benzene rings is 1. The number of hydrogen-bond acceptors (Lipinski definition) is 2. The van der Waals surface area contributed by atoms with Crippen molar-refractivity contribution in [3.63, 3.8) is 0 Å². The van der Waals surface area contributed by atoms with Crippen molar-refractivity contribution >= 4 is 5.97 Å². The minimum atomic E-state index is -0.851. The summed E-state index contributed by atoms with van der Waals surface area (Å²) in [6, 6.07) is 9.58. The molecule has 0 aliphatic rings. The van der Waals surface area contributed by atoms with Crippen LogP contribution in [0, 0.1) is 5.41 Å². The van der Waals surface area contributed by atoms with Gasteiger partial charge in [-0.05, 0) is 18.9 Å². The van der Waals surface area contributed by atoms with Crippen molar-refractivity contribution in [2.24, 2.45) is 5.41 Å². The summed E-state index contributed by atoms with van der Waals surface area (Å²) in [5.74, 6) is -0.826. The molecule has 1 atom stereocenters. The van der Waals surface area contributed by atoms with E-state index < -0.39 is 11.4 Å². The highest BCUT2D eigenvalue weighted by atomic mass is 16.5. The van der Waals surface area contributed by atoms with E-state index in [0.717, 1.165) is 5.56 Å². The van der Waals surface area contributed by atoms with Crippen molar-refractivity contribution in [3.8, 4) is 0 Å². The third-order valence-electron chi connectivity index (χ3n) is 2.42. The van der Waals surface area contributed by atoms with Crippen LogP contribution >= 0.6 is 0 Å². The zero-order chi connectivity index (χ0) is 11.3. The zero-order valence-corrected chi connectivity index (χ0v) is 9.06. The van der Waals surface area contributed by atoms with Crippen LogP contribution in [0.1, 0.15) is 12.5 Å². The topological polar surface area (TPSA) is 46.5 Å². The van der Waals surface area contributed by atoms with Gasteiger partial charge >= 0.3 is 5.97 Å². The number of hydrogen-bond donors (Lipinski definition) is 1. The maximum Gasteiger partial charge on any atom is 0.312 e. The summed E-state index contributed by atoms with van der Waals surface area (Å²) in [4.78, 5) is 11.1. The van der Waals surface area contributed by atoms with E-state index in [0.29, 0.717) is 6.42 Å². The molecule has 1 unspecified atom stereocenters. The second-order valence-electron chi connectivity index (χ2n) is 3.96. The summed E-state index contributed by atoms with van der Waals surface area (Å²) >= 11 is 0. The smallest absolute Gasteiger partial charge is 0.312 e. The first-order valence-electron chi connectivity index (χ1n) is 4.85. The predicted octanol–water partition coefficient (Wildman–Crippen LogP) is 1.97. The summed E-state index contributed by atoms with van der Waals surface area (Å²) < 4.78 is 4.96. The summed E-state index contributed by atoms with van der Waals surface area (Å²) in [5.41, 5.74) is 0.162. The number of carboxylic acid groups (broad SMARTS) is 1. The molecular formula is C12H16O3. The van der Waals surface area contributed by atoms with Gasteiger partial charge in [0.25, 0.3) is 0 Å². The van der Waals surface area contributed by atoms with Crippen molar-refractivity contribution < 1.29 is 14.6 Å². The Kier molecular flexibility index (Phi) is 3.86. The van der Waals surface area contributed by atoms with Crippen LogP contribution in [0.4, 0.5) is 0 Å². The van der Waals surface area contributed by atoms with Crippen LogP contribution in [-0.2, 0) is 16.0 Å². The van der Waals surface area contributed by atoms with Gasteiger partial charge in [-0.2, -0.15) is 0 Å². The minimum Gasteiger partial charge on any atom is -0.481 e. The fourth-order valence-corrected chi connectivity index (χ4v) is 1.55. The third kappa shape index (κ3) is 3.06. The maximum absolute atomic E-state index is 11.1. The molecule has 0 amide bonds. The standard InChI is InChI=1S/C12H16O3/c1-12(9-15-2,11(13)14)8-10-6-4-3-5-7-10/h3-7H,8-9H2,1-2H3,(H,13,14). The molecule has 0 spiro atoms. The van der Waals surface area contributed by atoms with Crippen molar-refractivity contribution in [3.05, 3.63) is 35.9 Å². The largest absolute Gasteiger partial charge is 0.481 e. The van der Waals surface area contributed by atoms with Crippen molar-refractivity contribution in [1.29, 1.82) is 0 Å². The molecule has 1 aromatic rings. The Balaban J connectivity index is 2.80. The first-order chi connectivity index (χ1) is 7.08. The van der Waals surface area contributed by atoms with Gasteiger partial charge in [-0.3, -0.25) is 4.79 Å². The number of rotatable bonds is 5. The Hall–Kier alpha value is -1.35. The van der Waals surface area contributed by atoms with E-state index >= 15 is 0 Å². The molecule has 0 aliphatic heterocycles. The van der Waals surface area contributed by atoms with Gasteiger partial charge in [0.1, 0.15) is 0 Å². The van der Waals surface area contributed by atoms with E-state index in [1.807, 2.05) is 30.3 Å². The SMILES string of the molecule is COCC(C)(Cc1ccccc1)C(=O)O. The average Bonchev–Trinajstić information content (AvgIpc) is 2.19. The highest BCUT2D eigenvalue weighted by molar-refractivity contribution is 5.74. The van der Waals surface area contributed by atoms with Crippen molar-refractivity contribution in [1.82, 2.24) is 0 Å². The normalized spacial score (nSPS) is 14.5. The third-order valence-corrected chi connectivity index (χ3v) is 2.42. The second-order valence-corrected chi connectivity index (χ2v) is 3.96. The van der Waals surface area contributed by atoms with Gasteiger partial charge in [0.05, 0.1) is 12.0 Å². The van der Waals surface area contributed by atoms with Gasteiger partial charge < -0.3 is 9.84 Å². The maximum atomic E-state index is 11.1. The van der Waals surface area contributed by atoms with Gasteiger partial charge in [0.15, 0.2) is 0 Å². The van der Waals surface area contributed by atoms with Crippen LogP contribution in [0.15, 0.2) is 30.3 Å². The molecule has 0 aromatic heterocycles. The molecule has 82 valence electrons. The lowest BCUT2D eigenvalue weighted by Crippen LogP contribution is -2.34. The molecule has 1 rings (SSSR count). The van der Waals surface area contributed by atoms with E-state index in [2.05, 4.69) is 0 Å². The van der Waals surface area contributed by atoms with Crippen molar-refractivity contribution in [2.75, 3.05) is 13.7 Å². The lowest BCUT2D eigenvalue weighted by Gasteiger charge is -2.23. The van der Waals surface area contributed by atoms with Crippen LogP contribution in [0.25, 0.3) is 0 Å². The number of methoxy groups -OCH3 is 1. The highest BCUT2D eigenvalue weighted by Gasteiger charge is 2.33. The summed E-state index contributed by atoms with van der Waals surface area (Å²) in [7, 11) is 1.52. The zero-order valence-electron chi connectivity index (χ0n) is 9.06. The van der Waals surface area contributed by atoms with E-state index in [1.165, 1.54) is 7.11 Å². The minimum absolute atomic E-state index is 0.219. The van der Waals surface area contributed by atoms with E-state index in [1.54, 1.807) is 6.92 Å². The summed E-state index contributed by atoms with van der Waals surface area (Å²) in [6.45, 7) is 1.92. The van der Waals surface area contributed by atoms with Gasteiger partial charge in [0.2, 0.25) is 0 Å². The first kappa shape index (κ1) is 11.7. The molecule has 0 fully saturated rings. The lowest BCUT2D eigenvalue weighted by molar-refractivity contribution is -0.150. The predicted molar refractivity (Wildman–Crippen MR) is 57.8 cm³/mol. The Morgan fingerprint density at radius 2 is 2.00 bits per heavy atom. The first-order valence-corrected chi connectivity index (χ1v) is 4.85. The molecule has 0 aliphatic carbocycles. The highest BCUT2D eigenvalue weighted by Crippen LogP contribution is 2.23. The fraction of sp³-hybridized carbons (Fsp3) is 0.417. The number of carbonyl (C=O) groups is 1. The van der Waals surface area contributed by atoms with Crippen LogP contribution in [0.2, 0.25) is 0 Å². The van der Waals surface area contributed by atoms with Gasteiger partial charge in [0, 0.05) is 7.11 Å². The molecule has 15 heavy (non-hydrogen) atoms. The summed E-state index contributed by atoms with van der Waals surface area (Å²) in [6.07, 6.45) is 0.483. The second kappa shape index (κ2) is 4.94. The van der Waals surface area contributed by atoms with Crippen molar-refractivity contribution in [2.45, 2.75) is 13.3 Å². The average molecular weight is 208 g/mol. The van der Waals surface area contributed by atoms with Gasteiger partial charge in [-0.25, -0.2) is 0 Å². The fourth-order valence-electron chi connectivity index (χ4n) is 1.55. The molecule has 0 saturated carbocycles. The van der Waals surface area contributed by atoms with Crippen LogP contribution in [0.5, 0.6) is 0 Å². The Morgan fingerprint density at radius 3 is 2.47 bits per heavy atom. The van der Waals surface area contributed by atoms with Crippen LogP contribution < -0.4 is 0 Å². The van der Waals surface area contributed by atoms with Crippen LogP contribution in [-0.4, -0.2) is 24.8 Å². The molecular weight excluding hydrogens is 192 g/mol. The molecule has 0 bridgehead atoms. The van der Waals surface area contributed by atoms with Gasteiger partial charge in [-0.15, -0.1) is 0 Å². The number of carboxylic acids is 1.